The topological polar surface area (TPSA) is 82.0 Å². The molecule has 96 valence electrons. The van der Waals surface area contributed by atoms with Gasteiger partial charge in [-0.2, -0.15) is 4.52 Å². The Balaban J connectivity index is 2.20. The molecule has 2 heterocycles. The van der Waals surface area contributed by atoms with Crippen molar-refractivity contribution in [3.8, 4) is 11.3 Å². The van der Waals surface area contributed by atoms with E-state index < -0.39 is 0 Å². The van der Waals surface area contributed by atoms with Gasteiger partial charge in [-0.25, -0.2) is 4.98 Å². The quantitative estimate of drug-likeness (QED) is 0.754. The fraction of sp³-hybridized carbons (Fsp3) is 0.231. The summed E-state index contributed by atoms with van der Waals surface area (Å²) in [6.07, 6.45) is 2.21. The third-order valence-corrected chi connectivity index (χ3v) is 2.90. The molecule has 3 aromatic rings. The molecule has 0 bridgehead atoms. The van der Waals surface area contributed by atoms with Crippen LogP contribution in [0.5, 0.6) is 0 Å². The van der Waals surface area contributed by atoms with Gasteiger partial charge in [-0.05, 0) is 13.5 Å². The Bertz CT molecular complexity index is 701. The van der Waals surface area contributed by atoms with Gasteiger partial charge in [0.25, 0.3) is 0 Å². The van der Waals surface area contributed by atoms with Gasteiger partial charge in [0.05, 0.1) is 0 Å². The van der Waals surface area contributed by atoms with Crippen molar-refractivity contribution in [2.24, 2.45) is 5.73 Å². The summed E-state index contributed by atoms with van der Waals surface area (Å²) >= 11 is 0. The molecule has 0 saturated carbocycles. The largest absolute Gasteiger partial charge is 0.330 e. The number of aryl methyl sites for hydroxylation is 1. The lowest BCUT2D eigenvalue weighted by Gasteiger charge is -2.05. The zero-order chi connectivity index (χ0) is 13.2. The lowest BCUT2D eigenvalue weighted by atomic mass is 10.1. The summed E-state index contributed by atoms with van der Waals surface area (Å²) < 4.78 is 1.65. The van der Waals surface area contributed by atoms with E-state index in [9.17, 15) is 0 Å². The maximum absolute atomic E-state index is 5.57. The fourth-order valence-corrected chi connectivity index (χ4v) is 1.92. The molecule has 0 fully saturated rings. The zero-order valence-electron chi connectivity index (χ0n) is 10.6. The Morgan fingerprint density at radius 1 is 1.21 bits per heavy atom. The first-order valence-corrected chi connectivity index (χ1v) is 6.12. The third kappa shape index (κ3) is 2.17. The number of hydrogen-bond donors (Lipinski definition) is 1. The lowest BCUT2D eigenvalue weighted by molar-refractivity contribution is 0.782. The lowest BCUT2D eigenvalue weighted by Crippen LogP contribution is -2.10. The van der Waals surface area contributed by atoms with E-state index in [1.54, 1.807) is 10.8 Å². The second-order valence-corrected chi connectivity index (χ2v) is 4.38. The molecule has 3 rings (SSSR count). The first kappa shape index (κ1) is 11.7. The minimum absolute atomic E-state index is 0.515. The van der Waals surface area contributed by atoms with E-state index in [0.29, 0.717) is 24.4 Å². The molecule has 0 aliphatic heterocycles. The summed E-state index contributed by atoms with van der Waals surface area (Å²) in [6.45, 7) is 2.57. The van der Waals surface area contributed by atoms with Crippen LogP contribution in [0.2, 0.25) is 0 Å². The van der Waals surface area contributed by atoms with E-state index in [1.807, 2.05) is 24.3 Å². The molecule has 2 N–H and O–H groups in total. The molecule has 6 nitrogen and oxygen atoms in total. The Hall–Kier alpha value is -2.34. The Morgan fingerprint density at radius 2 is 2.00 bits per heavy atom. The molecule has 0 saturated heterocycles. The molecular weight excluding hydrogens is 240 g/mol. The van der Waals surface area contributed by atoms with Gasteiger partial charge in [0, 0.05) is 12.0 Å². The van der Waals surface area contributed by atoms with Crippen molar-refractivity contribution in [3.05, 3.63) is 42.0 Å². The summed E-state index contributed by atoms with van der Waals surface area (Å²) in [4.78, 5) is 4.55. The highest BCUT2D eigenvalue weighted by Gasteiger charge is 2.11. The van der Waals surface area contributed by atoms with E-state index in [1.165, 1.54) is 5.56 Å². The van der Waals surface area contributed by atoms with Crippen LogP contribution in [0.4, 0.5) is 0 Å². The number of nitrogens with zero attached hydrogens (tertiary/aromatic N) is 5. The monoisotopic (exact) mass is 254 g/mol. The van der Waals surface area contributed by atoms with Gasteiger partial charge in [-0.3, -0.25) is 0 Å². The van der Waals surface area contributed by atoms with Crippen LogP contribution in [0, 0.1) is 6.92 Å². The van der Waals surface area contributed by atoms with Gasteiger partial charge < -0.3 is 5.73 Å². The Kier molecular flexibility index (Phi) is 2.92. The fourth-order valence-electron chi connectivity index (χ4n) is 1.92. The molecule has 2 aromatic heterocycles. The molecule has 0 spiro atoms. The molecule has 0 radical (unpaired) electrons. The number of nitrogens with two attached hydrogens (primary N) is 1. The van der Waals surface area contributed by atoms with Crippen LogP contribution in [0.1, 0.15) is 11.4 Å². The number of rotatable bonds is 3. The Morgan fingerprint density at radius 3 is 2.74 bits per heavy atom. The second kappa shape index (κ2) is 4.74. The van der Waals surface area contributed by atoms with Crippen molar-refractivity contribution in [2.45, 2.75) is 13.3 Å². The van der Waals surface area contributed by atoms with E-state index >= 15 is 0 Å². The summed E-state index contributed by atoms with van der Waals surface area (Å²) in [6, 6.07) is 8.15. The van der Waals surface area contributed by atoms with Gasteiger partial charge in [-0.1, -0.05) is 29.8 Å². The predicted molar refractivity (Wildman–Crippen MR) is 71.5 cm³/mol. The van der Waals surface area contributed by atoms with Crippen LogP contribution in [0.3, 0.4) is 0 Å². The second-order valence-electron chi connectivity index (χ2n) is 4.38. The van der Waals surface area contributed by atoms with Crippen LogP contribution in [-0.2, 0) is 6.42 Å². The number of fused-ring (bicyclic) bond motifs is 1. The number of aromatic nitrogens is 5. The van der Waals surface area contributed by atoms with Crippen LogP contribution < -0.4 is 5.73 Å². The molecular formula is C13H14N6. The molecule has 0 aliphatic rings. The van der Waals surface area contributed by atoms with Gasteiger partial charge >= 0.3 is 0 Å². The SMILES string of the molecule is Cc1ccc(-c2nc(CCN)nn3cnnc23)cc1. The smallest absolute Gasteiger partial charge is 0.203 e. The van der Waals surface area contributed by atoms with Gasteiger partial charge in [0.15, 0.2) is 5.82 Å². The third-order valence-electron chi connectivity index (χ3n) is 2.90. The van der Waals surface area contributed by atoms with Crippen LogP contribution in [0.25, 0.3) is 16.9 Å². The van der Waals surface area contributed by atoms with E-state index in [-0.39, 0.29) is 0 Å². The molecule has 0 amide bonds. The maximum atomic E-state index is 5.57. The molecule has 0 aliphatic carbocycles. The molecule has 19 heavy (non-hydrogen) atoms. The van der Waals surface area contributed by atoms with Crippen molar-refractivity contribution in [3.63, 3.8) is 0 Å². The van der Waals surface area contributed by atoms with E-state index in [2.05, 4.69) is 27.2 Å². The summed E-state index contributed by atoms with van der Waals surface area (Å²) in [7, 11) is 0. The average Bonchev–Trinajstić information content (AvgIpc) is 2.87. The standard InChI is InChI=1S/C13H14N6/c1-9-2-4-10(5-3-9)12-13-17-15-8-19(13)18-11(16-12)6-7-14/h2-5,8H,6-7,14H2,1H3. The van der Waals surface area contributed by atoms with Crippen molar-refractivity contribution in [1.82, 2.24) is 24.8 Å². The van der Waals surface area contributed by atoms with Crippen molar-refractivity contribution in [2.75, 3.05) is 6.54 Å². The van der Waals surface area contributed by atoms with E-state index in [0.717, 1.165) is 11.3 Å². The van der Waals surface area contributed by atoms with Crippen molar-refractivity contribution >= 4 is 5.65 Å². The highest BCUT2D eigenvalue weighted by atomic mass is 15.4. The van der Waals surface area contributed by atoms with E-state index in [4.69, 9.17) is 5.73 Å². The average molecular weight is 254 g/mol. The minimum atomic E-state index is 0.515. The van der Waals surface area contributed by atoms with Crippen LogP contribution in [0.15, 0.2) is 30.6 Å². The van der Waals surface area contributed by atoms with Crippen LogP contribution >= 0.6 is 0 Å². The summed E-state index contributed by atoms with van der Waals surface area (Å²) in [5.74, 6) is 0.699. The first-order valence-electron chi connectivity index (χ1n) is 6.12. The molecule has 6 heteroatoms. The minimum Gasteiger partial charge on any atom is -0.330 e. The maximum Gasteiger partial charge on any atom is 0.203 e. The molecule has 1 aromatic carbocycles. The predicted octanol–water partition coefficient (Wildman–Crippen LogP) is 0.996. The summed E-state index contributed by atoms with van der Waals surface area (Å²) in [5.41, 5.74) is 9.22. The Labute approximate surface area is 110 Å². The number of hydrogen-bond acceptors (Lipinski definition) is 5. The number of benzene rings is 1. The normalized spacial score (nSPS) is 11.1. The zero-order valence-corrected chi connectivity index (χ0v) is 10.6. The highest BCUT2D eigenvalue weighted by Crippen LogP contribution is 2.21. The molecule has 0 unspecified atom stereocenters. The van der Waals surface area contributed by atoms with Crippen molar-refractivity contribution in [1.29, 1.82) is 0 Å². The van der Waals surface area contributed by atoms with Crippen molar-refractivity contribution < 1.29 is 0 Å². The van der Waals surface area contributed by atoms with Crippen LogP contribution in [-0.4, -0.2) is 31.3 Å². The van der Waals surface area contributed by atoms with Gasteiger partial charge in [0.2, 0.25) is 5.65 Å². The summed E-state index contributed by atoms with van der Waals surface area (Å²) in [5, 5.41) is 12.3. The first-order chi connectivity index (χ1) is 9.28. The molecule has 0 atom stereocenters. The highest BCUT2D eigenvalue weighted by molar-refractivity contribution is 5.72. The van der Waals surface area contributed by atoms with Gasteiger partial charge in [0.1, 0.15) is 12.0 Å². The van der Waals surface area contributed by atoms with Gasteiger partial charge in [-0.15, -0.1) is 15.3 Å².